The predicted octanol–water partition coefficient (Wildman–Crippen LogP) is 5.25. The van der Waals surface area contributed by atoms with Crippen molar-refractivity contribution >= 4 is 40.3 Å². The van der Waals surface area contributed by atoms with Crippen molar-refractivity contribution in [3.8, 4) is 11.1 Å². The molecule has 0 bridgehead atoms. The maximum atomic E-state index is 13.3. The highest BCUT2D eigenvalue weighted by molar-refractivity contribution is 7.99. The van der Waals surface area contributed by atoms with Gasteiger partial charge in [0.1, 0.15) is 11.0 Å². The van der Waals surface area contributed by atoms with E-state index in [9.17, 15) is 9.59 Å². The van der Waals surface area contributed by atoms with Crippen LogP contribution in [-0.4, -0.2) is 26.2 Å². The van der Waals surface area contributed by atoms with Gasteiger partial charge in [0.25, 0.3) is 5.56 Å². The third kappa shape index (κ3) is 5.31. The SMILES string of the molecule is CCCCn1c(SCC(=O)NCc2ccccc2Cl)nc2c(-c3ccccc3)c[nH]c2c1=O. The van der Waals surface area contributed by atoms with Gasteiger partial charge >= 0.3 is 0 Å². The molecule has 0 radical (unpaired) electrons. The van der Waals surface area contributed by atoms with Crippen LogP contribution < -0.4 is 10.9 Å². The summed E-state index contributed by atoms with van der Waals surface area (Å²) >= 11 is 7.44. The fraction of sp³-hybridized carbons (Fsp3) is 0.240. The lowest BCUT2D eigenvalue weighted by Gasteiger charge is -2.12. The smallest absolute Gasteiger partial charge is 0.278 e. The monoisotopic (exact) mass is 480 g/mol. The highest BCUT2D eigenvalue weighted by Gasteiger charge is 2.17. The maximum absolute atomic E-state index is 13.3. The standard InChI is InChI=1S/C25H25ClN4O2S/c1-2-3-13-30-24(32)23-22(19(15-28-23)17-9-5-4-6-10-17)29-25(30)33-16-21(31)27-14-18-11-7-8-12-20(18)26/h4-12,15,28H,2-3,13-14,16H2,1H3,(H,27,31). The number of aromatic nitrogens is 3. The Balaban J connectivity index is 1.58. The summed E-state index contributed by atoms with van der Waals surface area (Å²) in [5, 5.41) is 4.06. The summed E-state index contributed by atoms with van der Waals surface area (Å²) < 4.78 is 1.67. The van der Waals surface area contributed by atoms with Gasteiger partial charge in [0.2, 0.25) is 5.91 Å². The largest absolute Gasteiger partial charge is 0.355 e. The second kappa shape index (κ2) is 10.7. The van der Waals surface area contributed by atoms with Gasteiger partial charge in [-0.05, 0) is 23.6 Å². The Morgan fingerprint density at radius 1 is 1.15 bits per heavy atom. The van der Waals surface area contributed by atoms with E-state index in [0.29, 0.717) is 34.3 Å². The molecule has 6 nitrogen and oxygen atoms in total. The van der Waals surface area contributed by atoms with E-state index in [-0.39, 0.29) is 17.2 Å². The van der Waals surface area contributed by atoms with Crippen molar-refractivity contribution in [1.29, 1.82) is 0 Å². The number of benzene rings is 2. The molecule has 8 heteroatoms. The van der Waals surface area contributed by atoms with Crippen LogP contribution in [0, 0.1) is 0 Å². The Labute approximate surface area is 201 Å². The molecule has 0 saturated heterocycles. The minimum Gasteiger partial charge on any atom is -0.355 e. The van der Waals surface area contributed by atoms with Crippen LogP contribution in [0.1, 0.15) is 25.3 Å². The van der Waals surface area contributed by atoms with E-state index in [1.807, 2.05) is 54.7 Å². The van der Waals surface area contributed by atoms with Gasteiger partial charge in [0.05, 0.1) is 5.75 Å². The number of H-pyrrole nitrogens is 1. The van der Waals surface area contributed by atoms with Gasteiger partial charge in [-0.3, -0.25) is 14.2 Å². The first-order valence-corrected chi connectivity index (χ1v) is 12.2. The maximum Gasteiger partial charge on any atom is 0.278 e. The number of hydrogen-bond acceptors (Lipinski definition) is 4. The summed E-state index contributed by atoms with van der Waals surface area (Å²) in [6, 6.07) is 17.2. The van der Waals surface area contributed by atoms with Gasteiger partial charge in [0.15, 0.2) is 5.16 Å². The predicted molar refractivity (Wildman–Crippen MR) is 135 cm³/mol. The lowest BCUT2D eigenvalue weighted by Crippen LogP contribution is -2.27. The first-order chi connectivity index (χ1) is 16.1. The van der Waals surface area contributed by atoms with Gasteiger partial charge in [-0.2, -0.15) is 0 Å². The first-order valence-electron chi connectivity index (χ1n) is 10.9. The Bertz CT molecular complexity index is 1320. The quantitative estimate of drug-likeness (QED) is 0.253. The molecule has 0 aliphatic heterocycles. The zero-order valence-electron chi connectivity index (χ0n) is 18.3. The molecular formula is C25H25ClN4O2S. The molecule has 4 aromatic rings. The molecule has 1 amide bonds. The van der Waals surface area contributed by atoms with Crippen molar-refractivity contribution in [2.75, 3.05) is 5.75 Å². The summed E-state index contributed by atoms with van der Waals surface area (Å²) in [6.45, 7) is 2.99. The molecule has 0 saturated carbocycles. The molecule has 170 valence electrons. The van der Waals surface area contributed by atoms with Gasteiger partial charge in [0, 0.05) is 29.9 Å². The molecular weight excluding hydrogens is 456 g/mol. The molecule has 33 heavy (non-hydrogen) atoms. The molecule has 0 spiro atoms. The van der Waals surface area contributed by atoms with Crippen LogP contribution in [0.3, 0.4) is 0 Å². The van der Waals surface area contributed by atoms with Crippen molar-refractivity contribution in [1.82, 2.24) is 19.9 Å². The zero-order chi connectivity index (χ0) is 23.2. The minimum absolute atomic E-state index is 0.116. The molecule has 2 aromatic carbocycles. The molecule has 0 unspecified atom stereocenters. The van der Waals surface area contributed by atoms with Crippen molar-refractivity contribution in [3.05, 3.63) is 81.7 Å². The van der Waals surface area contributed by atoms with Crippen LogP contribution in [0.15, 0.2) is 70.7 Å². The van der Waals surface area contributed by atoms with Crippen LogP contribution in [0.5, 0.6) is 0 Å². The van der Waals surface area contributed by atoms with E-state index in [4.69, 9.17) is 16.6 Å². The van der Waals surface area contributed by atoms with Crippen LogP contribution in [0.4, 0.5) is 0 Å². The normalized spacial score (nSPS) is 11.1. The molecule has 2 aromatic heterocycles. The summed E-state index contributed by atoms with van der Waals surface area (Å²) in [5.74, 6) is 0.00764. The third-order valence-electron chi connectivity index (χ3n) is 5.34. The Morgan fingerprint density at radius 3 is 2.67 bits per heavy atom. The number of amides is 1. The van der Waals surface area contributed by atoms with Crippen LogP contribution in [-0.2, 0) is 17.9 Å². The second-order valence-corrected chi connectivity index (χ2v) is 9.00. The summed E-state index contributed by atoms with van der Waals surface area (Å²) in [5.41, 5.74) is 3.70. The number of nitrogens with one attached hydrogen (secondary N) is 2. The van der Waals surface area contributed by atoms with Crippen LogP contribution >= 0.6 is 23.4 Å². The number of rotatable bonds is 9. The van der Waals surface area contributed by atoms with Crippen LogP contribution in [0.25, 0.3) is 22.2 Å². The number of thioether (sulfide) groups is 1. The summed E-state index contributed by atoms with van der Waals surface area (Å²) in [6.07, 6.45) is 3.63. The van der Waals surface area contributed by atoms with E-state index in [1.54, 1.807) is 10.6 Å². The number of aromatic amines is 1. The zero-order valence-corrected chi connectivity index (χ0v) is 19.9. The van der Waals surface area contributed by atoms with Crippen molar-refractivity contribution in [3.63, 3.8) is 0 Å². The number of hydrogen-bond donors (Lipinski definition) is 2. The minimum atomic E-state index is -0.145. The van der Waals surface area contributed by atoms with Crippen molar-refractivity contribution < 1.29 is 4.79 Å². The average Bonchev–Trinajstić information content (AvgIpc) is 3.26. The van der Waals surface area contributed by atoms with E-state index in [0.717, 1.165) is 29.5 Å². The second-order valence-electron chi connectivity index (χ2n) is 7.65. The number of carbonyl (C=O) groups is 1. The number of unbranched alkanes of at least 4 members (excludes halogenated alkanes) is 1. The molecule has 0 aliphatic rings. The Kier molecular flexibility index (Phi) is 7.52. The summed E-state index contributed by atoms with van der Waals surface area (Å²) in [4.78, 5) is 33.7. The van der Waals surface area contributed by atoms with E-state index >= 15 is 0 Å². The fourth-order valence-corrected chi connectivity index (χ4v) is 4.60. The molecule has 0 aliphatic carbocycles. The Hall–Kier alpha value is -3.03. The number of carbonyl (C=O) groups excluding carboxylic acids is 1. The molecule has 0 atom stereocenters. The van der Waals surface area contributed by atoms with E-state index < -0.39 is 0 Å². The number of fused-ring (bicyclic) bond motifs is 1. The van der Waals surface area contributed by atoms with E-state index in [2.05, 4.69) is 17.2 Å². The highest BCUT2D eigenvalue weighted by Crippen LogP contribution is 2.27. The molecule has 2 N–H and O–H groups in total. The Morgan fingerprint density at radius 2 is 1.91 bits per heavy atom. The lowest BCUT2D eigenvalue weighted by atomic mass is 10.1. The highest BCUT2D eigenvalue weighted by atomic mass is 35.5. The number of halogens is 1. The first kappa shape index (κ1) is 23.1. The fourth-order valence-electron chi connectivity index (χ4n) is 3.55. The van der Waals surface area contributed by atoms with Gasteiger partial charge in [-0.25, -0.2) is 4.98 Å². The van der Waals surface area contributed by atoms with Crippen molar-refractivity contribution in [2.45, 2.75) is 38.0 Å². The topological polar surface area (TPSA) is 79.8 Å². The molecule has 4 rings (SSSR count). The number of nitrogens with zero attached hydrogens (tertiary/aromatic N) is 2. The average molecular weight is 481 g/mol. The van der Waals surface area contributed by atoms with Gasteiger partial charge < -0.3 is 10.3 Å². The molecule has 0 fully saturated rings. The van der Waals surface area contributed by atoms with Crippen molar-refractivity contribution in [2.24, 2.45) is 0 Å². The van der Waals surface area contributed by atoms with Gasteiger partial charge in [-0.15, -0.1) is 0 Å². The summed E-state index contributed by atoms with van der Waals surface area (Å²) in [7, 11) is 0. The third-order valence-corrected chi connectivity index (χ3v) is 6.68. The molecule has 2 heterocycles. The van der Waals surface area contributed by atoms with E-state index in [1.165, 1.54) is 11.8 Å². The van der Waals surface area contributed by atoms with Gasteiger partial charge in [-0.1, -0.05) is 85.2 Å². The lowest BCUT2D eigenvalue weighted by molar-refractivity contribution is -0.118. The van der Waals surface area contributed by atoms with Crippen LogP contribution in [0.2, 0.25) is 5.02 Å².